The molecule has 0 aliphatic carbocycles. The van der Waals surface area contributed by atoms with Gasteiger partial charge in [-0.25, -0.2) is 4.79 Å². The average Bonchev–Trinajstić information content (AvgIpc) is 2.79. The van der Waals surface area contributed by atoms with Gasteiger partial charge in [0.05, 0.1) is 24.4 Å². The van der Waals surface area contributed by atoms with Gasteiger partial charge in [0, 0.05) is 11.8 Å². The van der Waals surface area contributed by atoms with Gasteiger partial charge in [0.15, 0.2) is 16.6 Å². The van der Waals surface area contributed by atoms with Crippen molar-refractivity contribution in [3.05, 3.63) is 65.4 Å². The summed E-state index contributed by atoms with van der Waals surface area (Å²) >= 11 is 5.76. The lowest BCUT2D eigenvalue weighted by Gasteiger charge is -2.39. The molecule has 0 amide bonds. The molecular weight excluding hydrogens is 400 g/mol. The van der Waals surface area contributed by atoms with E-state index in [0.29, 0.717) is 41.8 Å². The fourth-order valence-electron chi connectivity index (χ4n) is 3.84. The van der Waals surface area contributed by atoms with E-state index < -0.39 is 0 Å². The molecule has 2 aromatic carbocycles. The van der Waals surface area contributed by atoms with Crippen LogP contribution in [0.1, 0.15) is 31.4 Å². The van der Waals surface area contributed by atoms with Gasteiger partial charge in [-0.2, -0.15) is 0 Å². The fourth-order valence-corrected chi connectivity index (χ4v) is 4.17. The van der Waals surface area contributed by atoms with Crippen molar-refractivity contribution in [1.82, 2.24) is 5.32 Å². The minimum atomic E-state index is -0.374. The number of methoxy groups -OCH3 is 1. The number of nitrogens with one attached hydrogen (secondary N) is 1. The number of fused-ring (bicyclic) bond motifs is 1. The molecule has 0 saturated heterocycles. The van der Waals surface area contributed by atoms with Crippen LogP contribution in [0.5, 0.6) is 11.5 Å². The molecule has 2 aliphatic rings. The smallest absolute Gasteiger partial charge is 0.337 e. The Morgan fingerprint density at radius 2 is 1.90 bits per heavy atom. The molecule has 0 radical (unpaired) electrons. The number of anilines is 1. The van der Waals surface area contributed by atoms with Crippen molar-refractivity contribution in [2.75, 3.05) is 25.2 Å². The van der Waals surface area contributed by atoms with Crippen LogP contribution in [0.2, 0.25) is 0 Å². The van der Waals surface area contributed by atoms with Crippen molar-refractivity contribution < 1.29 is 19.0 Å². The van der Waals surface area contributed by atoms with Crippen LogP contribution in [-0.4, -0.2) is 31.4 Å². The van der Waals surface area contributed by atoms with Crippen molar-refractivity contribution in [2.45, 2.75) is 25.8 Å². The van der Waals surface area contributed by atoms with E-state index in [4.69, 9.17) is 26.4 Å². The lowest BCUT2D eigenvalue weighted by atomic mass is 9.93. The Kier molecular flexibility index (Phi) is 5.90. The molecule has 2 aliphatic heterocycles. The fraction of sp³-hybridized carbons (Fsp3) is 0.304. The molecule has 4 rings (SSSR count). The number of hydrogen-bond donors (Lipinski definition) is 1. The van der Waals surface area contributed by atoms with Gasteiger partial charge >= 0.3 is 5.97 Å². The molecule has 0 bridgehead atoms. The molecule has 156 valence electrons. The zero-order chi connectivity index (χ0) is 21.1. The summed E-state index contributed by atoms with van der Waals surface area (Å²) in [7, 11) is 1.41. The van der Waals surface area contributed by atoms with Crippen LogP contribution in [0.4, 0.5) is 5.69 Å². The number of carbonyl (C=O) groups excluding carboxylic acids is 1. The summed E-state index contributed by atoms with van der Waals surface area (Å²) in [5, 5.41) is 3.87. The number of hydrogen-bond acceptors (Lipinski definition) is 5. The third-order valence-electron chi connectivity index (χ3n) is 5.15. The number of ether oxygens (including phenoxy) is 3. The van der Waals surface area contributed by atoms with E-state index in [1.165, 1.54) is 7.11 Å². The van der Waals surface area contributed by atoms with E-state index in [-0.39, 0.29) is 12.0 Å². The van der Waals surface area contributed by atoms with Crippen LogP contribution in [0, 0.1) is 0 Å². The molecule has 6 nitrogen and oxygen atoms in total. The van der Waals surface area contributed by atoms with Crippen LogP contribution in [0.15, 0.2) is 59.8 Å². The topological polar surface area (TPSA) is 60.0 Å². The van der Waals surface area contributed by atoms with Crippen LogP contribution in [-0.2, 0) is 9.53 Å². The molecule has 0 saturated carbocycles. The normalized spacial score (nSPS) is 18.1. The first kappa shape index (κ1) is 20.2. The number of thiocarbonyl (C=S) groups is 1. The van der Waals surface area contributed by atoms with E-state index in [2.05, 4.69) is 12.2 Å². The van der Waals surface area contributed by atoms with Gasteiger partial charge in [-0.1, -0.05) is 43.7 Å². The monoisotopic (exact) mass is 424 g/mol. The lowest BCUT2D eigenvalue weighted by molar-refractivity contribution is -0.136. The Hall–Kier alpha value is -3.06. The first-order valence-corrected chi connectivity index (χ1v) is 10.4. The summed E-state index contributed by atoms with van der Waals surface area (Å²) in [6.07, 6.45) is 1.52. The van der Waals surface area contributed by atoms with E-state index in [1.54, 1.807) is 0 Å². The molecule has 0 fully saturated rings. The Morgan fingerprint density at radius 1 is 1.17 bits per heavy atom. The van der Waals surface area contributed by atoms with E-state index in [9.17, 15) is 4.79 Å². The Balaban J connectivity index is 1.86. The lowest BCUT2D eigenvalue weighted by Crippen LogP contribution is -2.48. The molecule has 1 unspecified atom stereocenters. The predicted octanol–water partition coefficient (Wildman–Crippen LogP) is 4.12. The molecule has 1 atom stereocenters. The third-order valence-corrected chi connectivity index (χ3v) is 5.45. The molecule has 2 aromatic rings. The number of rotatable bonds is 5. The van der Waals surface area contributed by atoms with Crippen molar-refractivity contribution >= 4 is 29.0 Å². The summed E-state index contributed by atoms with van der Waals surface area (Å²) in [5.41, 5.74) is 3.16. The second-order valence-corrected chi connectivity index (χ2v) is 7.45. The minimum Gasteiger partial charge on any atom is -0.486 e. The maximum atomic E-state index is 12.9. The van der Waals surface area contributed by atoms with Crippen molar-refractivity contribution in [2.24, 2.45) is 0 Å². The number of nitrogens with zero attached hydrogens (tertiary/aromatic N) is 1. The highest BCUT2D eigenvalue weighted by Crippen LogP contribution is 2.40. The standard InChI is InChI=1S/C23H24N2O4S/c1-3-7-17-20(22(26)27-2)21(15-8-5-4-6-9-15)24-23(30)25(17)16-10-11-18-19(14-16)29-13-12-28-18/h4-6,8-11,14,21H,3,7,12-13H2,1-2H3,(H,24,30). The van der Waals surface area contributed by atoms with Gasteiger partial charge in [-0.05, 0) is 36.3 Å². The largest absolute Gasteiger partial charge is 0.486 e. The quantitative estimate of drug-likeness (QED) is 0.572. The van der Waals surface area contributed by atoms with Crippen molar-refractivity contribution in [3.63, 3.8) is 0 Å². The Labute approximate surface area is 181 Å². The Morgan fingerprint density at radius 3 is 2.60 bits per heavy atom. The third kappa shape index (κ3) is 3.73. The molecule has 7 heteroatoms. The molecular formula is C23H24N2O4S. The summed E-state index contributed by atoms with van der Waals surface area (Å²) in [4.78, 5) is 14.8. The first-order chi connectivity index (χ1) is 14.6. The first-order valence-electron chi connectivity index (χ1n) is 10.0. The van der Waals surface area contributed by atoms with Gasteiger partial charge in [-0.15, -0.1) is 0 Å². The van der Waals surface area contributed by atoms with Crippen LogP contribution in [0.3, 0.4) is 0 Å². The summed E-state index contributed by atoms with van der Waals surface area (Å²) < 4.78 is 16.6. The molecule has 0 aromatic heterocycles. The van der Waals surface area contributed by atoms with Crippen LogP contribution < -0.4 is 19.7 Å². The van der Waals surface area contributed by atoms with Crippen molar-refractivity contribution in [3.8, 4) is 11.5 Å². The van der Waals surface area contributed by atoms with E-state index >= 15 is 0 Å². The Bertz CT molecular complexity index is 990. The highest BCUT2D eigenvalue weighted by molar-refractivity contribution is 7.80. The minimum absolute atomic E-state index is 0.371. The molecule has 0 spiro atoms. The second-order valence-electron chi connectivity index (χ2n) is 7.06. The predicted molar refractivity (Wildman–Crippen MR) is 119 cm³/mol. The van der Waals surface area contributed by atoms with Crippen LogP contribution >= 0.6 is 12.2 Å². The van der Waals surface area contributed by atoms with E-state index in [1.807, 2.05) is 53.4 Å². The number of benzene rings is 2. The van der Waals surface area contributed by atoms with Gasteiger partial charge in [0.2, 0.25) is 0 Å². The van der Waals surface area contributed by atoms with E-state index in [0.717, 1.165) is 23.4 Å². The maximum Gasteiger partial charge on any atom is 0.337 e. The molecule has 30 heavy (non-hydrogen) atoms. The highest BCUT2D eigenvalue weighted by Gasteiger charge is 2.36. The number of allylic oxidation sites excluding steroid dienone is 1. The summed E-state index contributed by atoms with van der Waals surface area (Å²) in [6, 6.07) is 15.1. The van der Waals surface area contributed by atoms with Crippen LogP contribution in [0.25, 0.3) is 0 Å². The zero-order valence-corrected chi connectivity index (χ0v) is 17.8. The SMILES string of the molecule is CCCC1=C(C(=O)OC)C(c2ccccc2)NC(=S)N1c1ccc2c(c1)OCCO2. The van der Waals surface area contributed by atoms with Gasteiger partial charge in [-0.3, -0.25) is 4.90 Å². The molecule has 1 N–H and O–H groups in total. The maximum absolute atomic E-state index is 12.9. The molecule has 2 heterocycles. The van der Waals surface area contributed by atoms with Gasteiger partial charge in [0.25, 0.3) is 0 Å². The van der Waals surface area contributed by atoms with Gasteiger partial charge in [0.1, 0.15) is 13.2 Å². The summed E-state index contributed by atoms with van der Waals surface area (Å²) in [5.74, 6) is 1.00. The number of esters is 1. The number of carbonyl (C=O) groups is 1. The van der Waals surface area contributed by atoms with Crippen molar-refractivity contribution in [1.29, 1.82) is 0 Å². The average molecular weight is 425 g/mol. The van der Waals surface area contributed by atoms with Gasteiger partial charge < -0.3 is 19.5 Å². The highest BCUT2D eigenvalue weighted by atomic mass is 32.1. The zero-order valence-electron chi connectivity index (χ0n) is 17.0. The second kappa shape index (κ2) is 8.75. The summed E-state index contributed by atoms with van der Waals surface area (Å²) in [6.45, 7) is 3.11.